The highest BCUT2D eigenvalue weighted by molar-refractivity contribution is 5.84. The number of hydrogen-bond acceptors (Lipinski definition) is 14. The summed E-state index contributed by atoms with van der Waals surface area (Å²) >= 11 is 0. The van der Waals surface area contributed by atoms with Gasteiger partial charge in [0.1, 0.15) is 0 Å². The molecule has 0 bridgehead atoms. The van der Waals surface area contributed by atoms with E-state index < -0.39 is 24.5 Å². The Morgan fingerprint density at radius 1 is 0.920 bits per heavy atom. The molecule has 2 aliphatic rings. The van der Waals surface area contributed by atoms with E-state index in [2.05, 4.69) is 49.9 Å². The van der Waals surface area contributed by atoms with Crippen molar-refractivity contribution in [3.05, 3.63) is 89.8 Å². The van der Waals surface area contributed by atoms with Crippen LogP contribution >= 0.6 is 0 Å². The summed E-state index contributed by atoms with van der Waals surface area (Å²) in [6.07, 6.45) is 0.260. The summed E-state index contributed by atoms with van der Waals surface area (Å²) in [4.78, 5) is 44.6. The highest BCUT2D eigenvalue weighted by Gasteiger charge is 2.52. The van der Waals surface area contributed by atoms with Crippen molar-refractivity contribution in [2.24, 2.45) is 0 Å². The average Bonchev–Trinajstić information content (AvgIpc) is 3.97. The highest BCUT2D eigenvalue weighted by Crippen LogP contribution is 2.42. The topological polar surface area (TPSA) is 172 Å². The van der Waals surface area contributed by atoms with Crippen molar-refractivity contribution >= 4 is 35.9 Å². The predicted molar refractivity (Wildman–Crippen MR) is 181 cm³/mol. The Kier molecular flexibility index (Phi) is 10.2. The first-order chi connectivity index (χ1) is 24.7. The van der Waals surface area contributed by atoms with E-state index in [9.17, 15) is 9.59 Å². The second-order valence-electron chi connectivity index (χ2n) is 12.2. The zero-order chi connectivity index (χ0) is 34.3. The van der Waals surface area contributed by atoms with Gasteiger partial charge < -0.3 is 34.3 Å². The molecular weight excluding hydrogens is 642 g/mol. The largest absolute Gasteiger partial charge is 0.457 e. The van der Waals surface area contributed by atoms with Crippen molar-refractivity contribution in [3.8, 4) is 0 Å². The molecule has 0 radical (unpaired) electrons. The van der Waals surface area contributed by atoms with Gasteiger partial charge in [0, 0.05) is 32.0 Å². The maximum atomic E-state index is 11.8. The molecule has 7 rings (SSSR count). The minimum atomic E-state index is -1.09. The van der Waals surface area contributed by atoms with Crippen molar-refractivity contribution in [3.63, 3.8) is 0 Å². The molecule has 2 aliphatic heterocycles. The van der Waals surface area contributed by atoms with Crippen molar-refractivity contribution in [1.29, 1.82) is 0 Å². The Hall–Kier alpha value is -5.41. The highest BCUT2D eigenvalue weighted by atomic mass is 16.6. The summed E-state index contributed by atoms with van der Waals surface area (Å²) in [5.74, 6) is 1.47. The van der Waals surface area contributed by atoms with Crippen LogP contribution in [0.4, 0.5) is 11.8 Å². The molecule has 4 atom stereocenters. The third-order valence-corrected chi connectivity index (χ3v) is 9.14. The number of nitrogens with one attached hydrogen (secondary N) is 2. The van der Waals surface area contributed by atoms with Crippen molar-refractivity contribution < 1.29 is 28.3 Å². The van der Waals surface area contributed by atoms with Crippen LogP contribution in [0.25, 0.3) is 11.2 Å². The Bertz CT molecular complexity index is 1830. The van der Waals surface area contributed by atoms with Crippen molar-refractivity contribution in [2.75, 3.05) is 43.4 Å². The van der Waals surface area contributed by atoms with Crippen molar-refractivity contribution in [1.82, 2.24) is 34.6 Å². The van der Waals surface area contributed by atoms with Crippen LogP contribution in [0.5, 0.6) is 0 Å². The summed E-state index contributed by atoms with van der Waals surface area (Å²) in [6.45, 7) is 6.60. The number of carbonyl (C=O) groups is 2. The van der Waals surface area contributed by atoms with Crippen LogP contribution in [-0.4, -0.2) is 92.4 Å². The van der Waals surface area contributed by atoms with Gasteiger partial charge in [-0.25, -0.2) is 4.98 Å². The van der Waals surface area contributed by atoms with Gasteiger partial charge in [-0.2, -0.15) is 15.0 Å². The smallest absolute Gasteiger partial charge is 0.293 e. The van der Waals surface area contributed by atoms with E-state index >= 15 is 0 Å². The van der Waals surface area contributed by atoms with Gasteiger partial charge in [-0.15, -0.1) is 0 Å². The SMILES string of the molecule is CCc1noc([C@H]2O[C@@H](n3cnc4c(NCC(c5ccccc5)c5ccccc5)nc(NCCN5CCCC5)nc43)[C@H](OC=O)[C@@H]2OC=O)n1. The summed E-state index contributed by atoms with van der Waals surface area (Å²) in [5.41, 5.74) is 3.19. The second kappa shape index (κ2) is 15.4. The number of likely N-dealkylation sites (tertiary alicyclic amines) is 1. The number of hydrogen-bond donors (Lipinski definition) is 2. The van der Waals surface area contributed by atoms with E-state index in [-0.39, 0.29) is 24.8 Å². The third kappa shape index (κ3) is 7.00. The summed E-state index contributed by atoms with van der Waals surface area (Å²) in [6, 6.07) is 20.6. The number of nitrogens with zero attached hydrogens (tertiary/aromatic N) is 7. The Morgan fingerprint density at radius 3 is 2.28 bits per heavy atom. The fourth-order valence-electron chi connectivity index (χ4n) is 6.65. The van der Waals surface area contributed by atoms with Crippen molar-refractivity contribution in [2.45, 2.75) is 56.6 Å². The molecule has 2 aromatic carbocycles. The van der Waals surface area contributed by atoms with Crippen LogP contribution in [-0.2, 0) is 30.2 Å². The maximum Gasteiger partial charge on any atom is 0.293 e. The first kappa shape index (κ1) is 33.1. The van der Waals surface area contributed by atoms with E-state index in [1.165, 1.54) is 12.8 Å². The Balaban J connectivity index is 1.24. The third-order valence-electron chi connectivity index (χ3n) is 9.14. The molecule has 0 unspecified atom stereocenters. The summed E-state index contributed by atoms with van der Waals surface area (Å²) in [7, 11) is 0. The van der Waals surface area contributed by atoms with Crippen LogP contribution in [0, 0.1) is 0 Å². The Morgan fingerprint density at radius 2 is 1.62 bits per heavy atom. The Labute approximate surface area is 288 Å². The molecule has 0 saturated carbocycles. The molecule has 0 aliphatic carbocycles. The summed E-state index contributed by atoms with van der Waals surface area (Å²) in [5, 5.41) is 10.9. The van der Waals surface area contributed by atoms with E-state index in [0.717, 1.165) is 30.8 Å². The molecule has 15 heteroatoms. The second-order valence-corrected chi connectivity index (χ2v) is 12.2. The molecule has 5 aromatic rings. The lowest BCUT2D eigenvalue weighted by Crippen LogP contribution is -2.34. The molecule has 50 heavy (non-hydrogen) atoms. The van der Waals surface area contributed by atoms with Gasteiger partial charge in [-0.05, 0) is 37.1 Å². The van der Waals surface area contributed by atoms with Gasteiger partial charge in [0.05, 0.1) is 6.33 Å². The van der Waals surface area contributed by atoms with Gasteiger partial charge >= 0.3 is 0 Å². The molecule has 2 saturated heterocycles. The standard InChI is InChI=1S/C35H39N9O6/c1-2-26-39-33(50-42-26)29-28(47-21-45)30(48-22-46)34(49-29)44-20-38-27-31(40-35(41-32(27)44)36-15-18-43-16-9-10-17-43)37-19-25(23-11-5-3-6-12-23)24-13-7-4-8-14-24/h3-8,11-14,20-22,25,28-30,34H,2,9-10,15-19H2,1H3,(H2,36,37,40,41)/t28-,29+,30-,34-/m1/s1. The normalized spacial score (nSPS) is 20.7. The lowest BCUT2D eigenvalue weighted by Gasteiger charge is -2.21. The van der Waals surface area contributed by atoms with Gasteiger partial charge in [-0.3, -0.25) is 14.2 Å². The van der Waals surface area contributed by atoms with Gasteiger partial charge in [0.15, 0.2) is 47.3 Å². The zero-order valence-corrected chi connectivity index (χ0v) is 27.6. The van der Waals surface area contributed by atoms with Gasteiger partial charge in [-0.1, -0.05) is 72.7 Å². The van der Waals surface area contributed by atoms with Crippen LogP contribution in [0.2, 0.25) is 0 Å². The predicted octanol–water partition coefficient (Wildman–Crippen LogP) is 3.88. The summed E-state index contributed by atoms with van der Waals surface area (Å²) < 4.78 is 24.4. The molecule has 0 amide bonds. The first-order valence-corrected chi connectivity index (χ1v) is 16.9. The number of aromatic nitrogens is 6. The first-order valence-electron chi connectivity index (χ1n) is 16.9. The number of benzene rings is 2. The van der Waals surface area contributed by atoms with E-state index in [4.69, 9.17) is 33.7 Å². The maximum absolute atomic E-state index is 11.8. The lowest BCUT2D eigenvalue weighted by atomic mass is 9.91. The fourth-order valence-corrected chi connectivity index (χ4v) is 6.65. The molecule has 2 N–H and O–H groups in total. The van der Waals surface area contributed by atoms with Crippen LogP contribution in [0.3, 0.4) is 0 Å². The molecule has 15 nitrogen and oxygen atoms in total. The van der Waals surface area contributed by atoms with Crippen LogP contribution in [0.1, 0.15) is 60.9 Å². The number of carbonyl (C=O) groups excluding carboxylic acids is 2. The molecule has 260 valence electrons. The fraction of sp³-hybridized carbons (Fsp3) is 0.400. The van der Waals surface area contributed by atoms with Crippen LogP contribution in [0.15, 0.2) is 71.5 Å². The number of imidazole rings is 1. The van der Waals surface area contributed by atoms with Gasteiger partial charge in [0.2, 0.25) is 5.95 Å². The molecule has 5 heterocycles. The van der Waals surface area contributed by atoms with E-state index in [0.29, 0.717) is 48.3 Å². The molecule has 3 aromatic heterocycles. The minimum Gasteiger partial charge on any atom is -0.457 e. The number of ether oxygens (including phenoxy) is 3. The molecule has 0 spiro atoms. The van der Waals surface area contributed by atoms with Crippen LogP contribution < -0.4 is 10.6 Å². The monoisotopic (exact) mass is 681 g/mol. The van der Waals surface area contributed by atoms with E-state index in [1.54, 1.807) is 10.9 Å². The average molecular weight is 682 g/mol. The minimum absolute atomic E-state index is 0.0176. The number of fused-ring (bicyclic) bond motifs is 1. The molecule has 2 fully saturated rings. The quantitative estimate of drug-likeness (QED) is 0.144. The lowest BCUT2D eigenvalue weighted by molar-refractivity contribution is -0.151. The molecular formula is C35H39N9O6. The number of rotatable bonds is 16. The number of anilines is 2. The zero-order valence-electron chi connectivity index (χ0n) is 27.6. The van der Waals surface area contributed by atoms with E-state index in [1.807, 2.05) is 43.3 Å². The van der Waals surface area contributed by atoms with Gasteiger partial charge in [0.25, 0.3) is 18.8 Å². The number of aryl methyl sites for hydroxylation is 1.